The third kappa shape index (κ3) is 2.81. The molecule has 6 nitrogen and oxygen atoms in total. The van der Waals surface area contributed by atoms with Crippen LogP contribution in [0.3, 0.4) is 0 Å². The van der Waals surface area contributed by atoms with Gasteiger partial charge in [0.15, 0.2) is 0 Å². The van der Waals surface area contributed by atoms with Gasteiger partial charge in [0.2, 0.25) is 5.88 Å². The first-order valence-electron chi connectivity index (χ1n) is 5.06. The van der Waals surface area contributed by atoms with Gasteiger partial charge in [-0.15, -0.1) is 0 Å². The first kappa shape index (κ1) is 11.1. The lowest BCUT2D eigenvalue weighted by atomic mass is 10.2. The van der Waals surface area contributed by atoms with E-state index in [0.29, 0.717) is 23.8 Å². The van der Waals surface area contributed by atoms with Gasteiger partial charge in [0, 0.05) is 24.7 Å². The van der Waals surface area contributed by atoms with Crippen LogP contribution in [0.1, 0.15) is 16.2 Å². The second-order valence-electron chi connectivity index (χ2n) is 3.31. The van der Waals surface area contributed by atoms with Gasteiger partial charge >= 0.3 is 0 Å². The molecular weight excluding hydrogens is 220 g/mol. The maximum absolute atomic E-state index is 11.7. The number of nitrogens with zero attached hydrogens (tertiary/aromatic N) is 2. The zero-order chi connectivity index (χ0) is 12.1. The van der Waals surface area contributed by atoms with E-state index >= 15 is 0 Å². The van der Waals surface area contributed by atoms with E-state index in [9.17, 15) is 4.79 Å². The molecule has 2 N–H and O–H groups in total. The number of carbonyl (C=O) groups excluding carboxylic acids is 1. The molecule has 0 aromatic carbocycles. The molecule has 0 aliphatic heterocycles. The maximum Gasteiger partial charge on any atom is 0.253 e. The highest BCUT2D eigenvalue weighted by Crippen LogP contribution is 2.06. The quantitative estimate of drug-likeness (QED) is 0.815. The number of imidazole rings is 1. The van der Waals surface area contributed by atoms with Crippen molar-refractivity contribution >= 4 is 5.91 Å². The maximum atomic E-state index is 11.7. The molecule has 1 amide bonds. The van der Waals surface area contributed by atoms with Crippen LogP contribution < -0.4 is 10.1 Å². The molecule has 2 aromatic heterocycles. The number of nitrogens with one attached hydrogen (secondary N) is 2. The van der Waals surface area contributed by atoms with E-state index in [-0.39, 0.29) is 5.91 Å². The van der Waals surface area contributed by atoms with Crippen LogP contribution in [0.2, 0.25) is 0 Å². The molecule has 0 bridgehead atoms. The second kappa shape index (κ2) is 5.11. The zero-order valence-electron chi connectivity index (χ0n) is 9.30. The number of H-pyrrole nitrogens is 1. The Morgan fingerprint density at radius 3 is 2.94 bits per heavy atom. The van der Waals surface area contributed by atoms with Gasteiger partial charge in [-0.2, -0.15) is 0 Å². The van der Waals surface area contributed by atoms with Crippen molar-refractivity contribution in [2.75, 3.05) is 7.11 Å². The molecule has 0 saturated heterocycles. The van der Waals surface area contributed by atoms with E-state index in [2.05, 4.69) is 20.3 Å². The van der Waals surface area contributed by atoms with Crippen molar-refractivity contribution in [2.24, 2.45) is 0 Å². The van der Waals surface area contributed by atoms with Crippen LogP contribution in [0, 0.1) is 0 Å². The van der Waals surface area contributed by atoms with Crippen LogP contribution in [0.25, 0.3) is 0 Å². The van der Waals surface area contributed by atoms with E-state index in [1.54, 1.807) is 24.5 Å². The second-order valence-corrected chi connectivity index (χ2v) is 3.31. The molecule has 0 spiro atoms. The molecule has 88 valence electrons. The van der Waals surface area contributed by atoms with Crippen LogP contribution in [0.4, 0.5) is 0 Å². The Kier molecular flexibility index (Phi) is 3.34. The van der Waals surface area contributed by atoms with E-state index in [1.807, 2.05) is 0 Å². The Hall–Kier alpha value is -2.37. The monoisotopic (exact) mass is 232 g/mol. The van der Waals surface area contributed by atoms with Gasteiger partial charge < -0.3 is 15.0 Å². The standard InChI is InChI=1S/C11H12N4O2/c1-17-10-3-2-8(6-14-10)11(16)15-7-9-12-4-5-13-9/h2-6H,7H2,1H3,(H,12,13)(H,15,16). The minimum absolute atomic E-state index is 0.198. The fourth-order valence-electron chi connectivity index (χ4n) is 1.30. The normalized spacial score (nSPS) is 9.94. The lowest BCUT2D eigenvalue weighted by Crippen LogP contribution is -2.23. The number of ether oxygens (including phenoxy) is 1. The van der Waals surface area contributed by atoms with Gasteiger partial charge in [0.1, 0.15) is 5.82 Å². The molecule has 0 radical (unpaired) electrons. The molecule has 0 unspecified atom stereocenters. The topological polar surface area (TPSA) is 79.9 Å². The van der Waals surface area contributed by atoms with Crippen LogP contribution >= 0.6 is 0 Å². The highest BCUT2D eigenvalue weighted by atomic mass is 16.5. The highest BCUT2D eigenvalue weighted by molar-refractivity contribution is 5.93. The SMILES string of the molecule is COc1ccc(C(=O)NCc2ncc[nH]2)cn1. The third-order valence-electron chi connectivity index (χ3n) is 2.18. The van der Waals surface area contributed by atoms with Crippen molar-refractivity contribution in [3.63, 3.8) is 0 Å². The lowest BCUT2D eigenvalue weighted by molar-refractivity contribution is 0.0949. The molecule has 6 heteroatoms. The summed E-state index contributed by atoms with van der Waals surface area (Å²) in [7, 11) is 1.53. The number of pyridine rings is 1. The van der Waals surface area contributed by atoms with Gasteiger partial charge in [-0.3, -0.25) is 4.79 Å². The fourth-order valence-corrected chi connectivity index (χ4v) is 1.30. The number of hydrogen-bond donors (Lipinski definition) is 2. The average molecular weight is 232 g/mol. The largest absolute Gasteiger partial charge is 0.481 e. The summed E-state index contributed by atoms with van der Waals surface area (Å²) in [4.78, 5) is 22.6. The lowest BCUT2D eigenvalue weighted by Gasteiger charge is -2.03. The van der Waals surface area contributed by atoms with Crippen molar-refractivity contribution in [3.05, 3.63) is 42.1 Å². The molecule has 2 heterocycles. The van der Waals surface area contributed by atoms with Gasteiger partial charge in [-0.05, 0) is 6.07 Å². The van der Waals surface area contributed by atoms with Crippen molar-refractivity contribution < 1.29 is 9.53 Å². The summed E-state index contributed by atoms with van der Waals surface area (Å²) in [5.41, 5.74) is 0.484. The molecule has 0 fully saturated rings. The number of hydrogen-bond acceptors (Lipinski definition) is 4. The number of amides is 1. The van der Waals surface area contributed by atoms with Crippen molar-refractivity contribution in [1.29, 1.82) is 0 Å². The van der Waals surface area contributed by atoms with Crippen LogP contribution in [-0.2, 0) is 6.54 Å². The molecule has 0 saturated carbocycles. The highest BCUT2D eigenvalue weighted by Gasteiger charge is 2.06. The molecule has 0 atom stereocenters. The number of carbonyl (C=O) groups is 1. The van der Waals surface area contributed by atoms with Crippen molar-refractivity contribution in [3.8, 4) is 5.88 Å². The minimum atomic E-state index is -0.198. The zero-order valence-corrected chi connectivity index (χ0v) is 9.30. The predicted molar refractivity (Wildman–Crippen MR) is 60.5 cm³/mol. The summed E-state index contributed by atoms with van der Waals surface area (Å²) in [6.07, 6.45) is 4.81. The summed E-state index contributed by atoms with van der Waals surface area (Å²) >= 11 is 0. The summed E-state index contributed by atoms with van der Waals surface area (Å²) in [6, 6.07) is 3.30. The van der Waals surface area contributed by atoms with E-state index in [1.165, 1.54) is 13.3 Å². The van der Waals surface area contributed by atoms with Gasteiger partial charge in [-0.1, -0.05) is 0 Å². The molecule has 17 heavy (non-hydrogen) atoms. The van der Waals surface area contributed by atoms with Crippen LogP contribution in [-0.4, -0.2) is 28.0 Å². The third-order valence-corrected chi connectivity index (χ3v) is 2.18. The predicted octanol–water partition coefficient (Wildman–Crippen LogP) is 0.743. The fraction of sp³-hybridized carbons (Fsp3) is 0.182. The Bertz CT molecular complexity index is 479. The van der Waals surface area contributed by atoms with Crippen molar-refractivity contribution in [1.82, 2.24) is 20.3 Å². The Labute approximate surface area is 98.1 Å². The minimum Gasteiger partial charge on any atom is -0.481 e. The molecule has 2 aromatic rings. The van der Waals surface area contributed by atoms with Crippen molar-refractivity contribution in [2.45, 2.75) is 6.54 Å². The van der Waals surface area contributed by atoms with Gasteiger partial charge in [0.05, 0.1) is 19.2 Å². The first-order chi connectivity index (χ1) is 8.29. The number of aromatic amines is 1. The number of aromatic nitrogens is 3. The summed E-state index contributed by atoms with van der Waals surface area (Å²) < 4.78 is 4.91. The molecule has 2 rings (SSSR count). The van der Waals surface area contributed by atoms with Crippen LogP contribution in [0.5, 0.6) is 5.88 Å². The molecule has 0 aliphatic carbocycles. The van der Waals surface area contributed by atoms with Gasteiger partial charge in [-0.25, -0.2) is 9.97 Å². The van der Waals surface area contributed by atoms with E-state index < -0.39 is 0 Å². The van der Waals surface area contributed by atoms with Gasteiger partial charge in [0.25, 0.3) is 5.91 Å². The average Bonchev–Trinajstić information content (AvgIpc) is 2.89. The Balaban J connectivity index is 1.95. The summed E-state index contributed by atoms with van der Waals surface area (Å²) in [6.45, 7) is 0.359. The van der Waals surface area contributed by atoms with E-state index in [0.717, 1.165) is 0 Å². The van der Waals surface area contributed by atoms with E-state index in [4.69, 9.17) is 4.74 Å². The summed E-state index contributed by atoms with van der Waals surface area (Å²) in [5.74, 6) is 0.990. The van der Waals surface area contributed by atoms with Crippen LogP contribution in [0.15, 0.2) is 30.7 Å². The summed E-state index contributed by atoms with van der Waals surface area (Å²) in [5, 5.41) is 2.73. The Morgan fingerprint density at radius 2 is 2.35 bits per heavy atom. The molecule has 0 aliphatic rings. The smallest absolute Gasteiger partial charge is 0.253 e. The number of methoxy groups -OCH3 is 1. The first-order valence-corrected chi connectivity index (χ1v) is 5.06. The Morgan fingerprint density at radius 1 is 1.47 bits per heavy atom. The number of rotatable bonds is 4. The molecular formula is C11H12N4O2.